The van der Waals surface area contributed by atoms with Gasteiger partial charge in [-0.2, -0.15) is 17.2 Å². The van der Waals surface area contributed by atoms with Gasteiger partial charge in [0, 0.05) is 23.4 Å². The van der Waals surface area contributed by atoms with Gasteiger partial charge in [0.25, 0.3) is 0 Å². The summed E-state index contributed by atoms with van der Waals surface area (Å²) in [5, 5.41) is 0. The van der Waals surface area contributed by atoms with Gasteiger partial charge in [0.15, 0.2) is 16.5 Å². The van der Waals surface area contributed by atoms with Crippen LogP contribution in [0.25, 0.3) is 0 Å². The van der Waals surface area contributed by atoms with Crippen molar-refractivity contribution >= 4 is 44.4 Å². The molecule has 2 aromatic rings. The van der Waals surface area contributed by atoms with Gasteiger partial charge in [0.1, 0.15) is 0 Å². The van der Waals surface area contributed by atoms with Crippen LogP contribution >= 0.6 is 22.6 Å². The van der Waals surface area contributed by atoms with Gasteiger partial charge in [-0.3, -0.25) is 4.55 Å². The van der Waals surface area contributed by atoms with Crippen LogP contribution in [0.3, 0.4) is 0 Å². The fourth-order valence-electron chi connectivity index (χ4n) is 2.06. The zero-order valence-electron chi connectivity index (χ0n) is 13.6. The number of anilines is 1. The maximum absolute atomic E-state index is 13.9. The maximum Gasteiger partial charge on any atom is 0.343 e. The maximum atomic E-state index is 13.9. The highest BCUT2D eigenvalue weighted by Crippen LogP contribution is 2.33. The van der Waals surface area contributed by atoms with E-state index in [4.69, 9.17) is 4.55 Å². The zero-order chi connectivity index (χ0) is 20.7. The molecule has 0 spiro atoms. The second-order valence-electron chi connectivity index (χ2n) is 5.34. The zero-order valence-corrected chi connectivity index (χ0v) is 16.5. The number of rotatable bonds is 4. The molecule has 0 saturated heterocycles. The Morgan fingerprint density at radius 2 is 1.59 bits per heavy atom. The number of benzene rings is 2. The average molecular weight is 519 g/mol. The predicted molar refractivity (Wildman–Crippen MR) is 94.5 cm³/mol. The molecule has 0 saturated carbocycles. The highest BCUT2D eigenvalue weighted by molar-refractivity contribution is 14.1. The highest BCUT2D eigenvalue weighted by atomic mass is 127. The second kappa shape index (κ2) is 7.59. The summed E-state index contributed by atoms with van der Waals surface area (Å²) < 4.78 is 90.7. The molecule has 0 amide bonds. The molecule has 0 atom stereocenters. The smallest absolute Gasteiger partial charge is 0.343 e. The third-order valence-electron chi connectivity index (χ3n) is 3.30. The predicted octanol–water partition coefficient (Wildman–Crippen LogP) is 3.38. The summed E-state index contributed by atoms with van der Waals surface area (Å²) in [6.07, 6.45) is 0. The van der Waals surface area contributed by atoms with E-state index in [9.17, 15) is 30.8 Å². The number of carbonyl (C=O) groups is 1. The van der Waals surface area contributed by atoms with Crippen molar-refractivity contribution in [1.82, 2.24) is 0 Å². The molecule has 0 heterocycles. The van der Waals surface area contributed by atoms with E-state index in [1.165, 1.54) is 18.2 Å². The molecule has 0 aliphatic carbocycles. The number of halogens is 5. The second-order valence-corrected chi connectivity index (χ2v) is 7.86. The highest BCUT2D eigenvalue weighted by Gasteiger charge is 2.34. The Labute approximate surface area is 164 Å². The van der Waals surface area contributed by atoms with Crippen LogP contribution in [0.5, 0.6) is 5.75 Å². The molecular weight excluding hydrogens is 509 g/mol. The van der Waals surface area contributed by atoms with Gasteiger partial charge in [-0.25, -0.2) is 13.6 Å². The number of hydrogen-bond acceptors (Lipinski definition) is 5. The van der Waals surface area contributed by atoms with E-state index in [1.54, 1.807) is 19.0 Å². The molecule has 0 aliphatic heterocycles. The molecule has 27 heavy (non-hydrogen) atoms. The molecule has 0 aromatic heterocycles. The van der Waals surface area contributed by atoms with Gasteiger partial charge in [0.2, 0.25) is 17.4 Å². The summed E-state index contributed by atoms with van der Waals surface area (Å²) in [6, 6.07) is 4.08. The summed E-state index contributed by atoms with van der Waals surface area (Å²) in [7, 11) is -2.12. The lowest BCUT2D eigenvalue weighted by molar-refractivity contribution is 0.0716. The third-order valence-corrected chi connectivity index (χ3v) is 5.04. The van der Waals surface area contributed by atoms with Gasteiger partial charge < -0.3 is 9.64 Å². The first kappa shape index (κ1) is 21.4. The third kappa shape index (κ3) is 4.16. The first-order valence-corrected chi connectivity index (χ1v) is 9.40. The van der Waals surface area contributed by atoms with Gasteiger partial charge in [-0.05, 0) is 40.8 Å². The normalized spacial score (nSPS) is 11.4. The Balaban J connectivity index is 2.49. The number of esters is 1. The molecule has 1 N–H and O–H groups in total. The van der Waals surface area contributed by atoms with Crippen LogP contribution in [0.1, 0.15) is 10.4 Å². The SMILES string of the molecule is CN(C)c1ccc(C(=O)Oc2c(F)c(F)c(S(=O)(=O)O)c(F)c2F)cc1I. The van der Waals surface area contributed by atoms with Crippen LogP contribution in [0.2, 0.25) is 0 Å². The lowest BCUT2D eigenvalue weighted by atomic mass is 10.2. The number of carbonyl (C=O) groups excluding carboxylic acids is 1. The van der Waals surface area contributed by atoms with Crippen LogP contribution in [-0.2, 0) is 10.1 Å². The van der Waals surface area contributed by atoms with Crippen molar-refractivity contribution in [1.29, 1.82) is 0 Å². The molecule has 2 aromatic carbocycles. The van der Waals surface area contributed by atoms with E-state index in [1.807, 2.05) is 22.6 Å². The van der Waals surface area contributed by atoms with Crippen molar-refractivity contribution in [3.63, 3.8) is 0 Å². The Bertz CT molecular complexity index is 1010. The van der Waals surface area contributed by atoms with E-state index in [0.29, 0.717) is 3.57 Å². The Morgan fingerprint density at radius 1 is 1.07 bits per heavy atom. The molecule has 12 heteroatoms. The monoisotopic (exact) mass is 519 g/mol. The molecule has 2 rings (SSSR count). The van der Waals surface area contributed by atoms with Crippen LogP contribution in [0.15, 0.2) is 23.1 Å². The number of nitrogens with zero attached hydrogens (tertiary/aromatic N) is 1. The van der Waals surface area contributed by atoms with Crippen LogP contribution in [0, 0.1) is 26.8 Å². The molecule has 0 unspecified atom stereocenters. The fraction of sp³-hybridized carbons (Fsp3) is 0.133. The molecule has 146 valence electrons. The van der Waals surface area contributed by atoms with E-state index >= 15 is 0 Å². The van der Waals surface area contributed by atoms with E-state index in [2.05, 4.69) is 4.74 Å². The van der Waals surface area contributed by atoms with Gasteiger partial charge in [-0.15, -0.1) is 0 Å². The minimum absolute atomic E-state index is 0.177. The van der Waals surface area contributed by atoms with Crippen molar-refractivity contribution in [2.24, 2.45) is 0 Å². The number of ether oxygens (including phenoxy) is 1. The number of hydrogen-bond donors (Lipinski definition) is 1. The van der Waals surface area contributed by atoms with E-state index < -0.39 is 50.0 Å². The molecule has 0 aliphatic rings. The van der Waals surface area contributed by atoms with Crippen LogP contribution < -0.4 is 9.64 Å². The molecular formula is C15H10F4INO5S. The lowest BCUT2D eigenvalue weighted by Gasteiger charge is -2.15. The Morgan fingerprint density at radius 3 is 2.00 bits per heavy atom. The minimum atomic E-state index is -5.60. The summed E-state index contributed by atoms with van der Waals surface area (Å²) in [5.41, 5.74) is 0.544. The van der Waals surface area contributed by atoms with Crippen molar-refractivity contribution in [2.45, 2.75) is 4.90 Å². The molecule has 0 radical (unpaired) electrons. The van der Waals surface area contributed by atoms with Gasteiger partial charge >= 0.3 is 16.1 Å². The summed E-state index contributed by atoms with van der Waals surface area (Å²) in [4.78, 5) is 11.6. The van der Waals surface area contributed by atoms with Gasteiger partial charge in [-0.1, -0.05) is 0 Å². The van der Waals surface area contributed by atoms with Crippen LogP contribution in [0.4, 0.5) is 23.2 Å². The Kier molecular flexibility index (Phi) is 6.01. The van der Waals surface area contributed by atoms with Crippen molar-refractivity contribution in [3.05, 3.63) is 50.6 Å². The quantitative estimate of drug-likeness (QED) is 0.167. The van der Waals surface area contributed by atoms with Crippen molar-refractivity contribution < 1.29 is 40.1 Å². The molecule has 0 fully saturated rings. The first-order chi connectivity index (χ1) is 12.4. The van der Waals surface area contributed by atoms with E-state index in [0.717, 1.165) is 5.69 Å². The molecule has 0 bridgehead atoms. The lowest BCUT2D eigenvalue weighted by Crippen LogP contribution is -2.16. The molecule has 6 nitrogen and oxygen atoms in total. The van der Waals surface area contributed by atoms with Crippen LogP contribution in [-0.4, -0.2) is 33.0 Å². The largest absolute Gasteiger partial charge is 0.416 e. The minimum Gasteiger partial charge on any atom is -0.416 e. The fourth-order valence-corrected chi connectivity index (χ4v) is 3.69. The summed E-state index contributed by atoms with van der Waals surface area (Å²) in [5.74, 6) is -12.5. The van der Waals surface area contributed by atoms with Crippen molar-refractivity contribution in [3.8, 4) is 5.75 Å². The topological polar surface area (TPSA) is 83.9 Å². The van der Waals surface area contributed by atoms with Crippen molar-refractivity contribution in [2.75, 3.05) is 19.0 Å². The Hall–Kier alpha value is -1.93. The average Bonchev–Trinajstić information content (AvgIpc) is 2.55. The summed E-state index contributed by atoms with van der Waals surface area (Å²) >= 11 is 1.89. The van der Waals surface area contributed by atoms with Gasteiger partial charge in [0.05, 0.1) is 5.56 Å². The first-order valence-electron chi connectivity index (χ1n) is 6.88. The van der Waals surface area contributed by atoms with E-state index in [-0.39, 0.29) is 5.56 Å². The summed E-state index contributed by atoms with van der Waals surface area (Å²) in [6.45, 7) is 0. The standard InChI is InChI=1S/C15H10F4INO5S/c1-21(2)8-4-3-6(5-7(8)20)15(22)26-13-9(16)11(18)14(27(23,24)25)12(19)10(13)17/h3-5H,1-2H3,(H,23,24,25).